The van der Waals surface area contributed by atoms with Gasteiger partial charge in [0, 0.05) is 7.11 Å². The van der Waals surface area contributed by atoms with Gasteiger partial charge in [-0.15, -0.1) is 0 Å². The highest BCUT2D eigenvalue weighted by Crippen LogP contribution is 2.29. The van der Waals surface area contributed by atoms with Gasteiger partial charge in [0.1, 0.15) is 6.61 Å². The molecule has 1 unspecified atom stereocenters. The minimum Gasteiger partial charge on any atom is -0.382 e. The maximum absolute atomic E-state index is 11.8. The zero-order chi connectivity index (χ0) is 13.5. The summed E-state index contributed by atoms with van der Waals surface area (Å²) in [6.07, 6.45) is 3.22. The molecule has 1 aromatic rings. The molecule has 0 heterocycles. The second kappa shape index (κ2) is 7.26. The van der Waals surface area contributed by atoms with E-state index in [-0.39, 0.29) is 18.6 Å². The number of rotatable bonds is 6. The van der Waals surface area contributed by atoms with E-state index in [1.807, 2.05) is 6.07 Å². The van der Waals surface area contributed by atoms with Crippen molar-refractivity contribution in [3.05, 3.63) is 35.4 Å². The van der Waals surface area contributed by atoms with Crippen molar-refractivity contribution in [3.8, 4) is 0 Å². The molecule has 0 saturated heterocycles. The highest BCUT2D eigenvalue weighted by molar-refractivity contribution is 5.77. The predicted octanol–water partition coefficient (Wildman–Crippen LogP) is 1.84. The average Bonchev–Trinajstić information content (AvgIpc) is 2.44. The molecular formula is C15H21NO3. The molecule has 0 aliphatic heterocycles. The Morgan fingerprint density at radius 1 is 1.37 bits per heavy atom. The molecule has 0 saturated carbocycles. The molecular weight excluding hydrogens is 242 g/mol. The van der Waals surface area contributed by atoms with E-state index in [9.17, 15) is 4.79 Å². The molecule has 0 fully saturated rings. The third kappa shape index (κ3) is 4.04. The number of carbonyl (C=O) groups is 1. The molecule has 1 N–H and O–H groups in total. The summed E-state index contributed by atoms with van der Waals surface area (Å²) in [6.45, 7) is 1.06. The molecule has 0 radical (unpaired) electrons. The Morgan fingerprint density at radius 3 is 3.05 bits per heavy atom. The summed E-state index contributed by atoms with van der Waals surface area (Å²) in [5.74, 6) is -0.0576. The van der Waals surface area contributed by atoms with Gasteiger partial charge in [0.25, 0.3) is 0 Å². The van der Waals surface area contributed by atoms with E-state index < -0.39 is 0 Å². The minimum absolute atomic E-state index is 0.0576. The quantitative estimate of drug-likeness (QED) is 0.797. The van der Waals surface area contributed by atoms with Crippen LogP contribution in [-0.4, -0.2) is 32.8 Å². The van der Waals surface area contributed by atoms with Crippen molar-refractivity contribution in [3.63, 3.8) is 0 Å². The maximum Gasteiger partial charge on any atom is 0.246 e. The first-order chi connectivity index (χ1) is 9.31. The summed E-state index contributed by atoms with van der Waals surface area (Å²) in [7, 11) is 1.61. The van der Waals surface area contributed by atoms with E-state index >= 15 is 0 Å². The molecule has 104 valence electrons. The molecule has 1 aliphatic carbocycles. The Kier molecular flexibility index (Phi) is 5.36. The number of methoxy groups -OCH3 is 1. The first-order valence-corrected chi connectivity index (χ1v) is 6.75. The number of benzene rings is 1. The molecule has 1 aromatic carbocycles. The number of amides is 1. The molecule has 0 aromatic heterocycles. The summed E-state index contributed by atoms with van der Waals surface area (Å²) in [4.78, 5) is 11.8. The number of aryl methyl sites for hydroxylation is 1. The number of carbonyl (C=O) groups excluding carboxylic acids is 1. The fourth-order valence-corrected chi connectivity index (χ4v) is 2.45. The lowest BCUT2D eigenvalue weighted by atomic mass is 9.88. The molecule has 0 spiro atoms. The van der Waals surface area contributed by atoms with Crippen LogP contribution in [0.25, 0.3) is 0 Å². The van der Waals surface area contributed by atoms with Crippen LogP contribution in [0.5, 0.6) is 0 Å². The SMILES string of the molecule is COCCOCC(=O)NC1CCCc2ccccc21. The highest BCUT2D eigenvalue weighted by Gasteiger charge is 2.21. The van der Waals surface area contributed by atoms with E-state index in [1.54, 1.807) is 7.11 Å². The molecule has 2 rings (SSSR count). The lowest BCUT2D eigenvalue weighted by Crippen LogP contribution is -2.33. The van der Waals surface area contributed by atoms with Crippen LogP contribution >= 0.6 is 0 Å². The predicted molar refractivity (Wildman–Crippen MR) is 73.0 cm³/mol. The number of hydrogen-bond acceptors (Lipinski definition) is 3. The van der Waals surface area contributed by atoms with Gasteiger partial charge in [-0.05, 0) is 30.4 Å². The van der Waals surface area contributed by atoms with Gasteiger partial charge in [-0.2, -0.15) is 0 Å². The van der Waals surface area contributed by atoms with Gasteiger partial charge < -0.3 is 14.8 Å². The van der Waals surface area contributed by atoms with Crippen molar-refractivity contribution in [2.24, 2.45) is 0 Å². The van der Waals surface area contributed by atoms with E-state index in [0.717, 1.165) is 19.3 Å². The summed E-state index contributed by atoms with van der Waals surface area (Å²) >= 11 is 0. The molecule has 0 bridgehead atoms. The summed E-state index contributed by atoms with van der Waals surface area (Å²) in [6, 6.07) is 8.45. The topological polar surface area (TPSA) is 47.6 Å². The first-order valence-electron chi connectivity index (χ1n) is 6.75. The Bertz CT molecular complexity index is 420. The van der Waals surface area contributed by atoms with Crippen molar-refractivity contribution >= 4 is 5.91 Å². The molecule has 1 amide bonds. The first kappa shape index (κ1) is 14.0. The number of nitrogens with one attached hydrogen (secondary N) is 1. The van der Waals surface area contributed by atoms with Crippen molar-refractivity contribution in [2.45, 2.75) is 25.3 Å². The minimum atomic E-state index is -0.0576. The van der Waals surface area contributed by atoms with Crippen LogP contribution < -0.4 is 5.32 Å². The molecule has 1 atom stereocenters. The van der Waals surface area contributed by atoms with Gasteiger partial charge in [0.2, 0.25) is 5.91 Å². The van der Waals surface area contributed by atoms with Crippen molar-refractivity contribution in [1.82, 2.24) is 5.32 Å². The summed E-state index contributed by atoms with van der Waals surface area (Å²) in [5.41, 5.74) is 2.60. The molecule has 19 heavy (non-hydrogen) atoms. The van der Waals surface area contributed by atoms with Crippen molar-refractivity contribution < 1.29 is 14.3 Å². The van der Waals surface area contributed by atoms with E-state index in [0.29, 0.717) is 13.2 Å². The Labute approximate surface area is 114 Å². The van der Waals surface area contributed by atoms with Crippen LogP contribution in [0, 0.1) is 0 Å². The Morgan fingerprint density at radius 2 is 2.21 bits per heavy atom. The summed E-state index contributed by atoms with van der Waals surface area (Å²) < 4.78 is 10.1. The van der Waals surface area contributed by atoms with Crippen LogP contribution in [0.15, 0.2) is 24.3 Å². The highest BCUT2D eigenvalue weighted by atomic mass is 16.5. The van der Waals surface area contributed by atoms with Crippen LogP contribution in [0.1, 0.15) is 30.0 Å². The molecule has 1 aliphatic rings. The number of ether oxygens (including phenoxy) is 2. The fourth-order valence-electron chi connectivity index (χ4n) is 2.45. The average molecular weight is 263 g/mol. The van der Waals surface area contributed by atoms with Gasteiger partial charge in [-0.3, -0.25) is 4.79 Å². The third-order valence-corrected chi connectivity index (χ3v) is 3.37. The lowest BCUT2D eigenvalue weighted by Gasteiger charge is -2.26. The van der Waals surface area contributed by atoms with Gasteiger partial charge in [-0.25, -0.2) is 0 Å². The van der Waals surface area contributed by atoms with Gasteiger partial charge in [0.15, 0.2) is 0 Å². The largest absolute Gasteiger partial charge is 0.382 e. The zero-order valence-corrected chi connectivity index (χ0v) is 11.4. The second-order valence-electron chi connectivity index (χ2n) is 4.76. The van der Waals surface area contributed by atoms with Gasteiger partial charge in [-0.1, -0.05) is 24.3 Å². The van der Waals surface area contributed by atoms with Crippen molar-refractivity contribution in [2.75, 3.05) is 26.9 Å². The van der Waals surface area contributed by atoms with Crippen LogP contribution in [0.2, 0.25) is 0 Å². The van der Waals surface area contributed by atoms with Crippen LogP contribution in [0.4, 0.5) is 0 Å². The van der Waals surface area contributed by atoms with E-state index in [1.165, 1.54) is 11.1 Å². The van der Waals surface area contributed by atoms with E-state index in [2.05, 4.69) is 23.5 Å². The van der Waals surface area contributed by atoms with Crippen molar-refractivity contribution in [1.29, 1.82) is 0 Å². The lowest BCUT2D eigenvalue weighted by molar-refractivity contribution is -0.127. The Hall–Kier alpha value is -1.39. The molecule has 4 heteroatoms. The Balaban J connectivity index is 1.85. The van der Waals surface area contributed by atoms with Crippen LogP contribution in [-0.2, 0) is 20.7 Å². The van der Waals surface area contributed by atoms with Gasteiger partial charge in [0.05, 0.1) is 19.3 Å². The third-order valence-electron chi connectivity index (χ3n) is 3.37. The monoisotopic (exact) mass is 263 g/mol. The fraction of sp³-hybridized carbons (Fsp3) is 0.533. The van der Waals surface area contributed by atoms with E-state index in [4.69, 9.17) is 9.47 Å². The number of hydrogen-bond donors (Lipinski definition) is 1. The number of fused-ring (bicyclic) bond motifs is 1. The zero-order valence-electron chi connectivity index (χ0n) is 11.4. The maximum atomic E-state index is 11.8. The second-order valence-corrected chi connectivity index (χ2v) is 4.76. The smallest absolute Gasteiger partial charge is 0.246 e. The van der Waals surface area contributed by atoms with Gasteiger partial charge >= 0.3 is 0 Å². The standard InChI is InChI=1S/C15H21NO3/c1-18-9-10-19-11-15(17)16-14-8-4-6-12-5-2-3-7-13(12)14/h2-3,5,7,14H,4,6,8-11H2,1H3,(H,16,17). The molecule has 4 nitrogen and oxygen atoms in total. The normalized spacial score (nSPS) is 17.8. The summed E-state index contributed by atoms with van der Waals surface area (Å²) in [5, 5.41) is 3.05. The van der Waals surface area contributed by atoms with Crippen LogP contribution in [0.3, 0.4) is 0 Å².